The second kappa shape index (κ2) is 21.2. The van der Waals surface area contributed by atoms with Crippen LogP contribution in [0.3, 0.4) is 0 Å². The van der Waals surface area contributed by atoms with Crippen LogP contribution in [0.4, 0.5) is 0 Å². The minimum atomic E-state index is -1.24. The molecule has 0 amide bonds. The number of aliphatic carboxylic acids is 1. The number of hydrogen-bond acceptors (Lipinski definition) is 7. The maximum absolute atomic E-state index is 11.7. The SMILES string of the molecule is CCCCCCC(CCCCCCCCCCC(=O)O)CC(OC(C)=O)C(OC(C)=O)OC(C)=O. The van der Waals surface area contributed by atoms with Gasteiger partial charge in [0, 0.05) is 27.2 Å². The fourth-order valence-corrected chi connectivity index (χ4v) is 4.27. The van der Waals surface area contributed by atoms with Gasteiger partial charge in [0.2, 0.25) is 0 Å². The van der Waals surface area contributed by atoms with Gasteiger partial charge in [-0.3, -0.25) is 19.2 Å². The quantitative estimate of drug-likeness (QED) is 0.104. The summed E-state index contributed by atoms with van der Waals surface area (Å²) in [5.74, 6) is -2.17. The summed E-state index contributed by atoms with van der Waals surface area (Å²) in [5, 5.41) is 8.67. The zero-order chi connectivity index (χ0) is 26.5. The molecule has 0 spiro atoms. The lowest BCUT2D eigenvalue weighted by molar-refractivity contribution is -0.213. The minimum Gasteiger partial charge on any atom is -0.481 e. The fourth-order valence-electron chi connectivity index (χ4n) is 4.27. The predicted molar refractivity (Wildman–Crippen MR) is 134 cm³/mol. The first-order valence-electron chi connectivity index (χ1n) is 13.4. The highest BCUT2D eigenvalue weighted by molar-refractivity contribution is 5.69. The van der Waals surface area contributed by atoms with Gasteiger partial charge in [0.1, 0.15) is 0 Å². The van der Waals surface area contributed by atoms with Gasteiger partial charge in [0.05, 0.1) is 0 Å². The average Bonchev–Trinajstić information content (AvgIpc) is 2.75. The molecule has 35 heavy (non-hydrogen) atoms. The van der Waals surface area contributed by atoms with Crippen LogP contribution in [0.15, 0.2) is 0 Å². The normalized spacial score (nSPS) is 12.7. The molecule has 8 nitrogen and oxygen atoms in total. The van der Waals surface area contributed by atoms with Gasteiger partial charge < -0.3 is 19.3 Å². The van der Waals surface area contributed by atoms with E-state index in [-0.39, 0.29) is 12.3 Å². The molecule has 0 aliphatic heterocycles. The second-order valence-electron chi connectivity index (χ2n) is 9.45. The van der Waals surface area contributed by atoms with E-state index >= 15 is 0 Å². The first-order valence-corrected chi connectivity index (χ1v) is 13.4. The lowest BCUT2D eigenvalue weighted by atomic mass is 9.89. The lowest BCUT2D eigenvalue weighted by Gasteiger charge is -2.29. The summed E-state index contributed by atoms with van der Waals surface area (Å²) in [6.07, 6.45) is 13.5. The summed E-state index contributed by atoms with van der Waals surface area (Å²) in [5.41, 5.74) is 0. The van der Waals surface area contributed by atoms with E-state index in [9.17, 15) is 19.2 Å². The van der Waals surface area contributed by atoms with E-state index in [1.165, 1.54) is 27.2 Å². The number of unbranched alkanes of at least 4 members (excludes halogenated alkanes) is 10. The third-order valence-electron chi connectivity index (χ3n) is 5.97. The topological polar surface area (TPSA) is 116 Å². The summed E-state index contributed by atoms with van der Waals surface area (Å²) in [6, 6.07) is 0. The van der Waals surface area contributed by atoms with Crippen LogP contribution in [0, 0.1) is 5.92 Å². The Bertz CT molecular complexity index is 588. The van der Waals surface area contributed by atoms with Gasteiger partial charge in [0.25, 0.3) is 6.29 Å². The van der Waals surface area contributed by atoms with Crippen LogP contribution in [0.1, 0.15) is 130 Å². The highest BCUT2D eigenvalue weighted by Crippen LogP contribution is 2.27. The molecule has 0 saturated heterocycles. The van der Waals surface area contributed by atoms with Gasteiger partial charge in [0.15, 0.2) is 6.10 Å². The standard InChI is InChI=1S/C27H48O8/c1-5-6-7-14-17-24(18-15-12-10-8-9-11-13-16-19-26(31)32)20-25(33-21(2)28)27(34-22(3)29)35-23(4)30/h24-25,27H,5-20H2,1-4H3,(H,31,32). The summed E-state index contributed by atoms with van der Waals surface area (Å²) in [6.45, 7) is 5.93. The molecular formula is C27H48O8. The Hall–Kier alpha value is -2.12. The Balaban J connectivity index is 4.78. The molecule has 0 rings (SSSR count). The van der Waals surface area contributed by atoms with Gasteiger partial charge in [-0.1, -0.05) is 90.4 Å². The Morgan fingerprint density at radius 3 is 1.49 bits per heavy atom. The molecule has 0 fully saturated rings. The van der Waals surface area contributed by atoms with Crippen molar-refractivity contribution in [1.82, 2.24) is 0 Å². The van der Waals surface area contributed by atoms with Crippen LogP contribution < -0.4 is 0 Å². The van der Waals surface area contributed by atoms with Crippen molar-refractivity contribution in [2.75, 3.05) is 0 Å². The van der Waals surface area contributed by atoms with Crippen LogP contribution in [0.5, 0.6) is 0 Å². The molecule has 0 radical (unpaired) electrons. The van der Waals surface area contributed by atoms with Crippen molar-refractivity contribution < 1.29 is 38.5 Å². The molecule has 2 unspecified atom stereocenters. The van der Waals surface area contributed by atoms with E-state index < -0.39 is 36.3 Å². The zero-order valence-corrected chi connectivity index (χ0v) is 22.4. The summed E-state index contributed by atoms with van der Waals surface area (Å²) >= 11 is 0. The Morgan fingerprint density at radius 1 is 0.629 bits per heavy atom. The molecule has 0 aromatic carbocycles. The van der Waals surface area contributed by atoms with E-state index in [1.54, 1.807) is 0 Å². The fraction of sp³-hybridized carbons (Fsp3) is 0.852. The van der Waals surface area contributed by atoms with Crippen molar-refractivity contribution >= 4 is 23.9 Å². The Kier molecular flexibility index (Phi) is 19.9. The largest absolute Gasteiger partial charge is 0.481 e. The van der Waals surface area contributed by atoms with Gasteiger partial charge in [-0.15, -0.1) is 0 Å². The zero-order valence-electron chi connectivity index (χ0n) is 22.4. The van der Waals surface area contributed by atoms with Gasteiger partial charge in [-0.2, -0.15) is 0 Å². The third-order valence-corrected chi connectivity index (χ3v) is 5.97. The number of carboxylic acid groups (broad SMARTS) is 1. The van der Waals surface area contributed by atoms with E-state index in [1.807, 2.05) is 0 Å². The van der Waals surface area contributed by atoms with Crippen LogP contribution >= 0.6 is 0 Å². The minimum absolute atomic E-state index is 0.254. The molecule has 0 aliphatic carbocycles. The van der Waals surface area contributed by atoms with Crippen LogP contribution in [0.2, 0.25) is 0 Å². The van der Waals surface area contributed by atoms with Crippen LogP contribution in [-0.4, -0.2) is 41.4 Å². The molecule has 0 aromatic rings. The predicted octanol–water partition coefficient (Wildman–Crippen LogP) is 6.33. The summed E-state index contributed by atoms with van der Waals surface area (Å²) < 4.78 is 15.8. The van der Waals surface area contributed by atoms with Crippen molar-refractivity contribution in [3.63, 3.8) is 0 Å². The van der Waals surface area contributed by atoms with E-state index in [2.05, 4.69) is 6.92 Å². The van der Waals surface area contributed by atoms with Crippen LogP contribution in [0.25, 0.3) is 0 Å². The highest BCUT2D eigenvalue weighted by atomic mass is 16.7. The molecule has 0 bridgehead atoms. The number of esters is 3. The Labute approximate surface area is 211 Å². The van der Waals surface area contributed by atoms with E-state index in [0.29, 0.717) is 6.42 Å². The summed E-state index contributed by atoms with van der Waals surface area (Å²) in [7, 11) is 0. The molecule has 1 N–H and O–H groups in total. The van der Waals surface area contributed by atoms with Gasteiger partial charge in [-0.25, -0.2) is 0 Å². The molecular weight excluding hydrogens is 452 g/mol. The Morgan fingerprint density at radius 2 is 1.06 bits per heavy atom. The number of carbonyl (C=O) groups is 4. The molecule has 0 aliphatic rings. The average molecular weight is 501 g/mol. The number of rotatable bonds is 22. The number of carboxylic acids is 1. The highest BCUT2D eigenvalue weighted by Gasteiger charge is 2.32. The van der Waals surface area contributed by atoms with E-state index in [0.717, 1.165) is 83.5 Å². The monoisotopic (exact) mass is 500 g/mol. The van der Waals surface area contributed by atoms with Crippen molar-refractivity contribution in [2.24, 2.45) is 5.92 Å². The molecule has 2 atom stereocenters. The molecule has 8 heteroatoms. The summed E-state index contributed by atoms with van der Waals surface area (Å²) in [4.78, 5) is 45.4. The molecule has 0 heterocycles. The van der Waals surface area contributed by atoms with Crippen molar-refractivity contribution in [2.45, 2.75) is 143 Å². The number of ether oxygens (including phenoxy) is 3. The van der Waals surface area contributed by atoms with Crippen molar-refractivity contribution in [3.8, 4) is 0 Å². The number of carbonyl (C=O) groups excluding carboxylic acids is 3. The van der Waals surface area contributed by atoms with Crippen molar-refractivity contribution in [3.05, 3.63) is 0 Å². The lowest BCUT2D eigenvalue weighted by Crippen LogP contribution is -2.39. The third kappa shape index (κ3) is 20.9. The first kappa shape index (κ1) is 32.9. The van der Waals surface area contributed by atoms with Gasteiger partial charge in [-0.05, 0) is 18.8 Å². The molecule has 0 aromatic heterocycles. The maximum Gasteiger partial charge on any atom is 0.305 e. The number of hydrogen-bond donors (Lipinski definition) is 1. The molecule has 0 saturated carbocycles. The van der Waals surface area contributed by atoms with Crippen molar-refractivity contribution in [1.29, 1.82) is 0 Å². The van der Waals surface area contributed by atoms with E-state index in [4.69, 9.17) is 19.3 Å². The smallest absolute Gasteiger partial charge is 0.305 e. The maximum atomic E-state index is 11.7. The second-order valence-corrected chi connectivity index (χ2v) is 9.45. The van der Waals surface area contributed by atoms with Gasteiger partial charge >= 0.3 is 23.9 Å². The first-order chi connectivity index (χ1) is 16.6. The van der Waals surface area contributed by atoms with Crippen LogP contribution in [-0.2, 0) is 33.4 Å². The molecule has 204 valence electrons.